The average molecular weight is 259 g/mol. The summed E-state index contributed by atoms with van der Waals surface area (Å²) in [5.41, 5.74) is 1.14. The summed E-state index contributed by atoms with van der Waals surface area (Å²) in [6.07, 6.45) is 6.72. The van der Waals surface area contributed by atoms with Gasteiger partial charge >= 0.3 is 0 Å². The zero-order chi connectivity index (χ0) is 13.5. The molecule has 1 N–H and O–H groups in total. The second kappa shape index (κ2) is 7.18. The number of ether oxygens (including phenoxy) is 2. The van der Waals surface area contributed by atoms with E-state index in [2.05, 4.69) is 24.2 Å². The van der Waals surface area contributed by atoms with Crippen LogP contribution in [0.2, 0.25) is 0 Å². The van der Waals surface area contributed by atoms with Crippen molar-refractivity contribution in [2.75, 3.05) is 19.8 Å². The molecule has 0 aromatic heterocycles. The summed E-state index contributed by atoms with van der Waals surface area (Å²) in [4.78, 5) is 0. The van der Waals surface area contributed by atoms with Crippen LogP contribution in [0.15, 0.2) is 24.3 Å². The first kappa shape index (κ1) is 13.9. The zero-order valence-electron chi connectivity index (χ0n) is 11.4. The molecule has 1 fully saturated rings. The first-order valence-electron chi connectivity index (χ1n) is 6.77. The van der Waals surface area contributed by atoms with E-state index in [1.165, 1.54) is 0 Å². The van der Waals surface area contributed by atoms with Gasteiger partial charge in [-0.3, -0.25) is 0 Å². The van der Waals surface area contributed by atoms with Crippen molar-refractivity contribution in [2.45, 2.75) is 26.0 Å². The molecule has 3 nitrogen and oxygen atoms in total. The topological polar surface area (TPSA) is 30.5 Å². The van der Waals surface area contributed by atoms with Crippen LogP contribution in [0.3, 0.4) is 0 Å². The smallest absolute Gasteiger partial charge is 0.148 e. The van der Waals surface area contributed by atoms with Crippen LogP contribution in [0.5, 0.6) is 5.75 Å². The predicted molar refractivity (Wildman–Crippen MR) is 76.0 cm³/mol. The molecule has 19 heavy (non-hydrogen) atoms. The van der Waals surface area contributed by atoms with Crippen LogP contribution in [0.25, 0.3) is 0 Å². The number of terminal acetylenes is 1. The number of rotatable bonds is 6. The molecular weight excluding hydrogens is 238 g/mol. The fraction of sp³-hybridized carbons (Fsp3) is 0.500. The molecule has 0 aliphatic carbocycles. The molecule has 102 valence electrons. The molecule has 2 atom stereocenters. The fourth-order valence-corrected chi connectivity index (χ4v) is 2.35. The largest absolute Gasteiger partial charge is 0.481 e. The minimum Gasteiger partial charge on any atom is -0.481 e. The van der Waals surface area contributed by atoms with Crippen LogP contribution in [-0.4, -0.2) is 25.9 Å². The molecular formula is C16H21NO2. The van der Waals surface area contributed by atoms with E-state index in [1.807, 2.05) is 18.2 Å². The van der Waals surface area contributed by atoms with Gasteiger partial charge in [0.2, 0.25) is 0 Å². The SMILES string of the molecule is C#CCOc1ccccc1CNCC1CCOC1C. The van der Waals surface area contributed by atoms with Crippen molar-refractivity contribution in [1.29, 1.82) is 0 Å². The monoisotopic (exact) mass is 259 g/mol. The summed E-state index contributed by atoms with van der Waals surface area (Å²) in [5.74, 6) is 3.97. The molecule has 1 saturated heterocycles. The number of benzene rings is 1. The van der Waals surface area contributed by atoms with Gasteiger partial charge in [0.1, 0.15) is 12.4 Å². The summed E-state index contributed by atoms with van der Waals surface area (Å²) in [6, 6.07) is 7.99. The Balaban J connectivity index is 1.83. The maximum atomic E-state index is 5.56. The van der Waals surface area contributed by atoms with Crippen LogP contribution in [0.1, 0.15) is 18.9 Å². The summed E-state index contributed by atoms with van der Waals surface area (Å²) in [7, 11) is 0. The normalized spacial score (nSPS) is 22.1. The van der Waals surface area contributed by atoms with Crippen molar-refractivity contribution in [2.24, 2.45) is 5.92 Å². The molecule has 0 amide bonds. The third kappa shape index (κ3) is 3.99. The average Bonchev–Trinajstić information content (AvgIpc) is 2.83. The van der Waals surface area contributed by atoms with Crippen LogP contribution in [0, 0.1) is 18.3 Å². The molecule has 0 radical (unpaired) electrons. The van der Waals surface area contributed by atoms with E-state index < -0.39 is 0 Å². The molecule has 2 unspecified atom stereocenters. The molecule has 0 spiro atoms. The van der Waals surface area contributed by atoms with E-state index in [1.54, 1.807) is 0 Å². The Morgan fingerprint density at radius 1 is 1.47 bits per heavy atom. The molecule has 1 aliphatic heterocycles. The maximum Gasteiger partial charge on any atom is 0.148 e. The van der Waals surface area contributed by atoms with Crippen molar-refractivity contribution in [3.05, 3.63) is 29.8 Å². The number of para-hydroxylation sites is 1. The predicted octanol–water partition coefficient (Wildman–Crippen LogP) is 2.21. The quantitative estimate of drug-likeness (QED) is 0.795. The van der Waals surface area contributed by atoms with Gasteiger partial charge in [0, 0.05) is 25.3 Å². The van der Waals surface area contributed by atoms with E-state index in [0.29, 0.717) is 18.6 Å². The molecule has 1 aromatic carbocycles. The van der Waals surface area contributed by atoms with Crippen molar-refractivity contribution in [3.63, 3.8) is 0 Å². The maximum absolute atomic E-state index is 5.56. The Hall–Kier alpha value is -1.50. The van der Waals surface area contributed by atoms with E-state index in [4.69, 9.17) is 15.9 Å². The summed E-state index contributed by atoms with van der Waals surface area (Å²) < 4.78 is 11.1. The third-order valence-electron chi connectivity index (χ3n) is 3.54. The lowest BCUT2D eigenvalue weighted by molar-refractivity contribution is 0.105. The Morgan fingerprint density at radius 2 is 2.32 bits per heavy atom. The van der Waals surface area contributed by atoms with Gasteiger partial charge in [0.05, 0.1) is 6.10 Å². The lowest BCUT2D eigenvalue weighted by Gasteiger charge is -2.16. The highest BCUT2D eigenvalue weighted by Crippen LogP contribution is 2.21. The molecule has 1 heterocycles. The van der Waals surface area contributed by atoms with Gasteiger partial charge in [-0.15, -0.1) is 6.42 Å². The second-order valence-corrected chi connectivity index (χ2v) is 4.86. The Morgan fingerprint density at radius 3 is 3.05 bits per heavy atom. The number of hydrogen-bond acceptors (Lipinski definition) is 3. The highest BCUT2D eigenvalue weighted by molar-refractivity contribution is 5.33. The van der Waals surface area contributed by atoms with E-state index in [-0.39, 0.29) is 0 Å². The minimum atomic E-state index is 0.310. The lowest BCUT2D eigenvalue weighted by Crippen LogP contribution is -2.26. The van der Waals surface area contributed by atoms with Crippen LogP contribution < -0.4 is 10.1 Å². The lowest BCUT2D eigenvalue weighted by atomic mass is 10.0. The van der Waals surface area contributed by atoms with Gasteiger partial charge in [-0.05, 0) is 25.3 Å². The van der Waals surface area contributed by atoms with Gasteiger partial charge in [0.25, 0.3) is 0 Å². The summed E-state index contributed by atoms with van der Waals surface area (Å²) in [6.45, 7) is 5.11. The highest BCUT2D eigenvalue weighted by Gasteiger charge is 2.23. The minimum absolute atomic E-state index is 0.310. The van der Waals surface area contributed by atoms with Crippen molar-refractivity contribution >= 4 is 0 Å². The number of nitrogens with one attached hydrogen (secondary N) is 1. The fourth-order valence-electron chi connectivity index (χ4n) is 2.35. The van der Waals surface area contributed by atoms with Crippen molar-refractivity contribution in [1.82, 2.24) is 5.32 Å². The standard InChI is InChI=1S/C16H21NO2/c1-3-9-19-16-7-5-4-6-15(16)12-17-11-14-8-10-18-13(14)2/h1,4-7,13-14,17H,8-12H2,2H3. The Bertz CT molecular complexity index is 439. The van der Waals surface area contributed by atoms with E-state index in [9.17, 15) is 0 Å². The van der Waals surface area contributed by atoms with Gasteiger partial charge in [0.15, 0.2) is 0 Å². The van der Waals surface area contributed by atoms with Gasteiger partial charge in [-0.1, -0.05) is 24.1 Å². The molecule has 2 rings (SSSR count). The second-order valence-electron chi connectivity index (χ2n) is 4.86. The van der Waals surface area contributed by atoms with Crippen LogP contribution in [-0.2, 0) is 11.3 Å². The number of hydrogen-bond donors (Lipinski definition) is 1. The zero-order valence-corrected chi connectivity index (χ0v) is 11.4. The molecule has 0 saturated carbocycles. The van der Waals surface area contributed by atoms with Gasteiger partial charge in [-0.2, -0.15) is 0 Å². The third-order valence-corrected chi connectivity index (χ3v) is 3.54. The summed E-state index contributed by atoms with van der Waals surface area (Å²) >= 11 is 0. The van der Waals surface area contributed by atoms with E-state index >= 15 is 0 Å². The first-order valence-corrected chi connectivity index (χ1v) is 6.77. The molecule has 1 aromatic rings. The van der Waals surface area contributed by atoms with Crippen LogP contribution in [0.4, 0.5) is 0 Å². The molecule has 1 aliphatic rings. The van der Waals surface area contributed by atoms with Gasteiger partial charge in [-0.25, -0.2) is 0 Å². The molecule has 3 heteroatoms. The Labute approximate surface area is 115 Å². The van der Waals surface area contributed by atoms with E-state index in [0.717, 1.165) is 37.4 Å². The molecule has 0 bridgehead atoms. The van der Waals surface area contributed by atoms with Crippen molar-refractivity contribution in [3.8, 4) is 18.1 Å². The first-order chi connectivity index (χ1) is 9.31. The summed E-state index contributed by atoms with van der Waals surface area (Å²) in [5, 5.41) is 3.48. The highest BCUT2D eigenvalue weighted by atomic mass is 16.5. The van der Waals surface area contributed by atoms with Gasteiger partial charge < -0.3 is 14.8 Å². The Kier molecular flexibility index (Phi) is 5.26. The van der Waals surface area contributed by atoms with Crippen molar-refractivity contribution < 1.29 is 9.47 Å². The van der Waals surface area contributed by atoms with Crippen LogP contribution >= 0.6 is 0 Å².